The van der Waals surface area contributed by atoms with E-state index in [2.05, 4.69) is 32.3 Å². The zero-order valence-corrected chi connectivity index (χ0v) is 19.6. The average Bonchev–Trinajstić information content (AvgIpc) is 3.63. The molecule has 1 saturated carbocycles. The van der Waals surface area contributed by atoms with E-state index in [4.69, 9.17) is 9.15 Å². The van der Waals surface area contributed by atoms with E-state index in [1.54, 1.807) is 13.4 Å². The number of hydrogen-bond acceptors (Lipinski definition) is 7. The minimum Gasteiger partial charge on any atom is -0.497 e. The van der Waals surface area contributed by atoms with Crippen molar-refractivity contribution in [3.8, 4) is 5.75 Å². The van der Waals surface area contributed by atoms with Gasteiger partial charge < -0.3 is 14.1 Å². The number of pyridine rings is 1. The quantitative estimate of drug-likeness (QED) is 0.400. The second kappa shape index (κ2) is 9.80. The van der Waals surface area contributed by atoms with Gasteiger partial charge in [0.1, 0.15) is 18.1 Å². The molecule has 3 heterocycles. The van der Waals surface area contributed by atoms with Crippen LogP contribution in [0.4, 0.5) is 0 Å². The molecule has 0 unspecified atom stereocenters. The topological polar surface area (TPSA) is 102 Å². The fourth-order valence-electron chi connectivity index (χ4n) is 5.08. The van der Waals surface area contributed by atoms with Crippen molar-refractivity contribution in [2.24, 2.45) is 0 Å². The standard InChI is InChI=1S/C25H30N6O3/c1-3-23(24-27-28-29-31(24)16-21-9-6-12-34-21)30(19-7-4-5-8-19)15-18-13-17-14-20(33-2)10-11-22(17)26-25(18)32/h6,9-14,19,23H,3-5,7-8,15-16H2,1-2H3,(H,26,32)/t23-/m1/s1. The Balaban J connectivity index is 1.50. The van der Waals surface area contributed by atoms with Gasteiger partial charge in [-0.05, 0) is 66.1 Å². The predicted octanol–water partition coefficient (Wildman–Crippen LogP) is 4.06. The Morgan fingerprint density at radius 3 is 2.85 bits per heavy atom. The number of methoxy groups -OCH3 is 1. The first-order chi connectivity index (χ1) is 16.7. The molecule has 1 aliphatic rings. The highest BCUT2D eigenvalue weighted by atomic mass is 16.5. The van der Waals surface area contributed by atoms with E-state index in [1.165, 1.54) is 12.8 Å². The summed E-state index contributed by atoms with van der Waals surface area (Å²) in [6.45, 7) is 3.15. The summed E-state index contributed by atoms with van der Waals surface area (Å²) in [4.78, 5) is 18.5. The first-order valence-electron chi connectivity index (χ1n) is 11.9. The highest BCUT2D eigenvalue weighted by Crippen LogP contribution is 2.34. The monoisotopic (exact) mass is 462 g/mol. The number of benzene rings is 1. The van der Waals surface area contributed by atoms with Crippen molar-refractivity contribution in [2.75, 3.05) is 7.11 Å². The number of fused-ring (bicyclic) bond motifs is 1. The molecule has 178 valence electrons. The van der Waals surface area contributed by atoms with Gasteiger partial charge in [0.2, 0.25) is 0 Å². The summed E-state index contributed by atoms with van der Waals surface area (Å²) >= 11 is 0. The first kappa shape index (κ1) is 22.3. The molecule has 1 fully saturated rings. The molecule has 0 saturated heterocycles. The third-order valence-corrected chi connectivity index (χ3v) is 6.81. The molecule has 0 amide bonds. The van der Waals surface area contributed by atoms with E-state index < -0.39 is 0 Å². The molecule has 1 aromatic carbocycles. The van der Waals surface area contributed by atoms with Gasteiger partial charge in [-0.2, -0.15) is 0 Å². The van der Waals surface area contributed by atoms with E-state index in [-0.39, 0.29) is 11.6 Å². The zero-order chi connectivity index (χ0) is 23.5. The summed E-state index contributed by atoms with van der Waals surface area (Å²) in [7, 11) is 1.65. The number of hydrogen-bond donors (Lipinski definition) is 1. The molecule has 4 aromatic rings. The second-order valence-electron chi connectivity index (χ2n) is 8.89. The van der Waals surface area contributed by atoms with Crippen molar-refractivity contribution in [3.05, 3.63) is 70.2 Å². The van der Waals surface area contributed by atoms with Crippen LogP contribution in [0.2, 0.25) is 0 Å². The minimum absolute atomic E-state index is 0.0199. The molecular weight excluding hydrogens is 432 g/mol. The lowest BCUT2D eigenvalue weighted by Crippen LogP contribution is -2.39. The van der Waals surface area contributed by atoms with Gasteiger partial charge in [0, 0.05) is 29.1 Å². The van der Waals surface area contributed by atoms with Crippen molar-refractivity contribution >= 4 is 10.9 Å². The van der Waals surface area contributed by atoms with Crippen LogP contribution >= 0.6 is 0 Å². The van der Waals surface area contributed by atoms with Crippen LogP contribution in [-0.2, 0) is 13.1 Å². The second-order valence-corrected chi connectivity index (χ2v) is 8.89. The molecular formula is C25H30N6O3. The summed E-state index contributed by atoms with van der Waals surface area (Å²) in [5.74, 6) is 2.36. The molecule has 0 aliphatic heterocycles. The predicted molar refractivity (Wildman–Crippen MR) is 128 cm³/mol. The molecule has 1 atom stereocenters. The van der Waals surface area contributed by atoms with Gasteiger partial charge in [0.15, 0.2) is 5.82 Å². The lowest BCUT2D eigenvalue weighted by Gasteiger charge is -2.35. The number of H-pyrrole nitrogens is 1. The molecule has 1 aliphatic carbocycles. The van der Waals surface area contributed by atoms with E-state index in [0.717, 1.165) is 53.1 Å². The fraction of sp³-hybridized carbons (Fsp3) is 0.440. The van der Waals surface area contributed by atoms with Gasteiger partial charge in [0.25, 0.3) is 5.56 Å². The van der Waals surface area contributed by atoms with Crippen LogP contribution in [0.1, 0.15) is 62.2 Å². The molecule has 3 aromatic heterocycles. The van der Waals surface area contributed by atoms with E-state index in [9.17, 15) is 4.79 Å². The van der Waals surface area contributed by atoms with E-state index in [0.29, 0.717) is 19.1 Å². The van der Waals surface area contributed by atoms with Crippen LogP contribution in [0.3, 0.4) is 0 Å². The summed E-state index contributed by atoms with van der Waals surface area (Å²) in [5, 5.41) is 13.6. The van der Waals surface area contributed by atoms with Crippen molar-refractivity contribution < 1.29 is 9.15 Å². The summed E-state index contributed by atoms with van der Waals surface area (Å²) < 4.78 is 12.7. The van der Waals surface area contributed by atoms with Crippen LogP contribution < -0.4 is 10.3 Å². The molecule has 0 spiro atoms. The van der Waals surface area contributed by atoms with Crippen LogP contribution in [-0.4, -0.2) is 43.2 Å². The summed E-state index contributed by atoms with van der Waals surface area (Å²) in [5.41, 5.74) is 1.47. The lowest BCUT2D eigenvalue weighted by atomic mass is 10.0. The number of rotatable bonds is 9. The number of aromatic amines is 1. The minimum atomic E-state index is -0.0642. The van der Waals surface area contributed by atoms with Gasteiger partial charge in [-0.3, -0.25) is 9.69 Å². The maximum Gasteiger partial charge on any atom is 0.252 e. The van der Waals surface area contributed by atoms with Crippen molar-refractivity contribution in [3.63, 3.8) is 0 Å². The first-order valence-corrected chi connectivity index (χ1v) is 11.9. The Morgan fingerprint density at radius 2 is 2.12 bits per heavy atom. The van der Waals surface area contributed by atoms with Crippen LogP contribution in [0, 0.1) is 0 Å². The molecule has 9 nitrogen and oxygen atoms in total. The SMILES string of the molecule is CC[C@H](c1nnnn1Cc1ccco1)N(Cc1cc2cc(OC)ccc2[nH]c1=O)C1CCCC1. The number of nitrogens with one attached hydrogen (secondary N) is 1. The maximum atomic E-state index is 13.0. The third-order valence-electron chi connectivity index (χ3n) is 6.81. The highest BCUT2D eigenvalue weighted by molar-refractivity contribution is 5.80. The Labute approximate surface area is 197 Å². The Morgan fingerprint density at radius 1 is 1.26 bits per heavy atom. The molecule has 5 rings (SSSR count). The van der Waals surface area contributed by atoms with Gasteiger partial charge in [-0.25, -0.2) is 4.68 Å². The molecule has 34 heavy (non-hydrogen) atoms. The maximum absolute atomic E-state index is 13.0. The number of aromatic nitrogens is 5. The summed E-state index contributed by atoms with van der Waals surface area (Å²) in [6.07, 6.45) is 7.09. The number of ether oxygens (including phenoxy) is 1. The number of tetrazole rings is 1. The van der Waals surface area contributed by atoms with E-state index >= 15 is 0 Å². The van der Waals surface area contributed by atoms with Crippen molar-refractivity contribution in [2.45, 2.75) is 64.2 Å². The lowest BCUT2D eigenvalue weighted by molar-refractivity contribution is 0.112. The van der Waals surface area contributed by atoms with Gasteiger partial charge >= 0.3 is 0 Å². The van der Waals surface area contributed by atoms with Crippen molar-refractivity contribution in [1.82, 2.24) is 30.1 Å². The summed E-state index contributed by atoms with van der Waals surface area (Å²) in [6, 6.07) is 11.8. The van der Waals surface area contributed by atoms with Crippen LogP contribution in [0.15, 0.2) is 51.9 Å². The normalized spacial score (nSPS) is 15.4. The molecule has 0 bridgehead atoms. The van der Waals surface area contributed by atoms with Gasteiger partial charge in [-0.15, -0.1) is 5.10 Å². The largest absolute Gasteiger partial charge is 0.497 e. The van der Waals surface area contributed by atoms with E-state index in [1.807, 2.05) is 41.1 Å². The van der Waals surface area contributed by atoms with Crippen LogP contribution in [0.5, 0.6) is 5.75 Å². The molecule has 9 heteroatoms. The molecule has 0 radical (unpaired) electrons. The Hall–Kier alpha value is -3.46. The van der Waals surface area contributed by atoms with Gasteiger partial charge in [0.05, 0.1) is 19.4 Å². The van der Waals surface area contributed by atoms with Gasteiger partial charge in [-0.1, -0.05) is 19.8 Å². The van der Waals surface area contributed by atoms with Crippen molar-refractivity contribution in [1.29, 1.82) is 0 Å². The smallest absolute Gasteiger partial charge is 0.252 e. The fourth-order valence-corrected chi connectivity index (χ4v) is 5.08. The highest BCUT2D eigenvalue weighted by Gasteiger charge is 2.32. The molecule has 1 N–H and O–H groups in total. The average molecular weight is 463 g/mol. The van der Waals surface area contributed by atoms with Crippen LogP contribution in [0.25, 0.3) is 10.9 Å². The Bertz CT molecular complexity index is 1290. The number of furan rings is 1. The number of nitrogens with zero attached hydrogens (tertiary/aromatic N) is 5. The zero-order valence-electron chi connectivity index (χ0n) is 19.6. The third kappa shape index (κ3) is 4.48. The Kier molecular flexibility index (Phi) is 6.44.